The molecule has 0 bridgehead atoms. The van der Waals surface area contributed by atoms with Crippen molar-refractivity contribution in [2.45, 2.75) is 19.9 Å². The first-order valence-corrected chi connectivity index (χ1v) is 5.42. The Labute approximate surface area is 101 Å². The second kappa shape index (κ2) is 5.90. The Morgan fingerprint density at radius 3 is 2.41 bits per heavy atom. The topological polar surface area (TPSA) is 62.1 Å². The minimum absolute atomic E-state index is 0.121. The van der Waals surface area contributed by atoms with Crippen LogP contribution >= 0.6 is 0 Å². The van der Waals surface area contributed by atoms with E-state index in [4.69, 9.17) is 10.00 Å². The number of benzene rings is 1. The summed E-state index contributed by atoms with van der Waals surface area (Å²) in [6.07, 6.45) is 0. The fraction of sp³-hybridized carbons (Fsp3) is 0.385. The highest BCUT2D eigenvalue weighted by Crippen LogP contribution is 2.17. The lowest BCUT2D eigenvalue weighted by Crippen LogP contribution is -2.30. The van der Waals surface area contributed by atoms with Crippen molar-refractivity contribution in [3.8, 4) is 11.8 Å². The molecule has 0 saturated heterocycles. The lowest BCUT2D eigenvalue weighted by molar-refractivity contribution is -0.123. The Morgan fingerprint density at radius 2 is 1.94 bits per heavy atom. The summed E-state index contributed by atoms with van der Waals surface area (Å²) in [5, 5.41) is 11.4. The molecule has 0 aliphatic rings. The summed E-state index contributed by atoms with van der Waals surface area (Å²) in [5.41, 5.74) is 0.976. The van der Waals surface area contributed by atoms with Gasteiger partial charge in [-0.3, -0.25) is 4.79 Å². The van der Waals surface area contributed by atoms with Gasteiger partial charge >= 0.3 is 0 Å². The van der Waals surface area contributed by atoms with E-state index in [1.54, 1.807) is 14.0 Å². The summed E-state index contributed by atoms with van der Waals surface area (Å²) in [7, 11) is 1.61. The summed E-state index contributed by atoms with van der Waals surface area (Å²) in [5.74, 6) is -0.107. The molecular weight excluding hydrogens is 216 g/mol. The molecule has 1 amide bonds. The maximum Gasteiger partial charge on any atom is 0.237 e. The van der Waals surface area contributed by atoms with Gasteiger partial charge in [-0.1, -0.05) is 12.1 Å². The van der Waals surface area contributed by atoms with Gasteiger partial charge < -0.3 is 10.1 Å². The molecular formula is C13H16N2O2. The Balaban J connectivity index is 2.67. The third-order valence-electron chi connectivity index (χ3n) is 2.56. The van der Waals surface area contributed by atoms with Crippen molar-refractivity contribution >= 4 is 5.91 Å². The molecule has 1 rings (SSSR count). The predicted octanol–water partition coefficient (Wildman–Crippen LogP) is 2.03. The summed E-state index contributed by atoms with van der Waals surface area (Å²) in [4.78, 5) is 11.5. The van der Waals surface area contributed by atoms with Crippen LogP contribution in [-0.2, 0) is 4.79 Å². The normalized spacial score (nSPS) is 13.3. The van der Waals surface area contributed by atoms with Crippen LogP contribution in [-0.4, -0.2) is 13.0 Å². The molecule has 0 saturated carbocycles. The summed E-state index contributed by atoms with van der Waals surface area (Å²) < 4.78 is 5.06. The van der Waals surface area contributed by atoms with Crippen LogP contribution < -0.4 is 10.1 Å². The van der Waals surface area contributed by atoms with E-state index in [-0.39, 0.29) is 11.9 Å². The second-order valence-electron chi connectivity index (χ2n) is 3.85. The highest BCUT2D eigenvalue weighted by atomic mass is 16.5. The fourth-order valence-electron chi connectivity index (χ4n) is 1.37. The minimum Gasteiger partial charge on any atom is -0.497 e. The smallest absolute Gasteiger partial charge is 0.237 e. The third kappa shape index (κ3) is 3.49. The minimum atomic E-state index is -0.629. The van der Waals surface area contributed by atoms with Crippen molar-refractivity contribution in [1.29, 1.82) is 5.26 Å². The number of amides is 1. The molecule has 0 spiro atoms. The van der Waals surface area contributed by atoms with E-state index in [1.165, 1.54) is 0 Å². The van der Waals surface area contributed by atoms with Crippen molar-refractivity contribution in [3.05, 3.63) is 29.8 Å². The lowest BCUT2D eigenvalue weighted by atomic mass is 10.1. The molecule has 1 aromatic carbocycles. The molecule has 4 heteroatoms. The molecule has 2 unspecified atom stereocenters. The zero-order chi connectivity index (χ0) is 12.8. The van der Waals surface area contributed by atoms with Crippen LogP contribution in [0.3, 0.4) is 0 Å². The molecule has 90 valence electrons. The molecule has 0 radical (unpaired) electrons. The zero-order valence-electron chi connectivity index (χ0n) is 10.2. The first-order chi connectivity index (χ1) is 8.08. The lowest BCUT2D eigenvalue weighted by Gasteiger charge is -2.15. The molecule has 1 aromatic rings. The number of nitrogens with one attached hydrogen (secondary N) is 1. The van der Waals surface area contributed by atoms with Crippen LogP contribution in [0.4, 0.5) is 0 Å². The zero-order valence-corrected chi connectivity index (χ0v) is 10.2. The fourth-order valence-corrected chi connectivity index (χ4v) is 1.37. The van der Waals surface area contributed by atoms with Gasteiger partial charge in [0.05, 0.1) is 19.2 Å². The standard InChI is InChI=1S/C13H16N2O2/c1-9(8-14)13(16)15-10(2)11-4-6-12(17-3)7-5-11/h4-7,9-10H,1-3H3,(H,15,16). The van der Waals surface area contributed by atoms with E-state index in [0.717, 1.165) is 11.3 Å². The molecule has 1 N–H and O–H groups in total. The summed E-state index contributed by atoms with van der Waals surface area (Å²) >= 11 is 0. The first-order valence-electron chi connectivity index (χ1n) is 5.42. The number of hydrogen-bond donors (Lipinski definition) is 1. The molecule has 4 nitrogen and oxygen atoms in total. The highest BCUT2D eigenvalue weighted by molar-refractivity contribution is 5.81. The van der Waals surface area contributed by atoms with E-state index in [0.29, 0.717) is 0 Å². The van der Waals surface area contributed by atoms with E-state index >= 15 is 0 Å². The molecule has 0 aromatic heterocycles. The largest absolute Gasteiger partial charge is 0.497 e. The Kier molecular flexibility index (Phi) is 4.53. The van der Waals surface area contributed by atoms with Crippen LogP contribution in [0.5, 0.6) is 5.75 Å². The molecule has 17 heavy (non-hydrogen) atoms. The van der Waals surface area contributed by atoms with E-state index in [2.05, 4.69) is 5.32 Å². The Morgan fingerprint density at radius 1 is 1.35 bits per heavy atom. The van der Waals surface area contributed by atoms with Gasteiger partial charge in [-0.05, 0) is 31.5 Å². The van der Waals surface area contributed by atoms with Crippen LogP contribution in [0.25, 0.3) is 0 Å². The van der Waals surface area contributed by atoms with Gasteiger partial charge in [0.2, 0.25) is 5.91 Å². The molecule has 0 heterocycles. The summed E-state index contributed by atoms with van der Waals surface area (Å²) in [6.45, 7) is 3.46. The Hall–Kier alpha value is -2.02. The number of nitriles is 1. The SMILES string of the molecule is COc1ccc(C(C)NC(=O)C(C)C#N)cc1. The molecule has 0 aliphatic heterocycles. The van der Waals surface area contributed by atoms with Crippen LogP contribution in [0, 0.1) is 17.2 Å². The van der Waals surface area contributed by atoms with Crippen molar-refractivity contribution in [2.75, 3.05) is 7.11 Å². The average molecular weight is 232 g/mol. The van der Waals surface area contributed by atoms with Crippen molar-refractivity contribution in [1.82, 2.24) is 5.32 Å². The number of hydrogen-bond acceptors (Lipinski definition) is 3. The maximum absolute atomic E-state index is 11.5. The quantitative estimate of drug-likeness (QED) is 0.864. The van der Waals surface area contributed by atoms with E-state index in [1.807, 2.05) is 37.3 Å². The van der Waals surface area contributed by atoms with Gasteiger partial charge in [-0.15, -0.1) is 0 Å². The number of methoxy groups -OCH3 is 1. The molecule has 0 fully saturated rings. The monoisotopic (exact) mass is 232 g/mol. The van der Waals surface area contributed by atoms with Gasteiger partial charge in [0.25, 0.3) is 0 Å². The second-order valence-corrected chi connectivity index (χ2v) is 3.85. The number of carbonyl (C=O) groups excluding carboxylic acids is 1. The van der Waals surface area contributed by atoms with Crippen LogP contribution in [0.2, 0.25) is 0 Å². The molecule has 2 atom stereocenters. The predicted molar refractivity (Wildman–Crippen MR) is 64.3 cm³/mol. The number of carbonyl (C=O) groups is 1. The third-order valence-corrected chi connectivity index (χ3v) is 2.56. The van der Waals surface area contributed by atoms with Crippen molar-refractivity contribution < 1.29 is 9.53 Å². The summed E-state index contributed by atoms with van der Waals surface area (Å²) in [6, 6.07) is 9.24. The van der Waals surface area contributed by atoms with E-state index < -0.39 is 5.92 Å². The van der Waals surface area contributed by atoms with Gasteiger partial charge in [-0.2, -0.15) is 5.26 Å². The number of ether oxygens (including phenoxy) is 1. The van der Waals surface area contributed by atoms with Gasteiger partial charge in [-0.25, -0.2) is 0 Å². The average Bonchev–Trinajstić information content (AvgIpc) is 2.37. The highest BCUT2D eigenvalue weighted by Gasteiger charge is 2.15. The van der Waals surface area contributed by atoms with E-state index in [9.17, 15) is 4.79 Å². The van der Waals surface area contributed by atoms with Crippen LogP contribution in [0.1, 0.15) is 25.5 Å². The van der Waals surface area contributed by atoms with Crippen LogP contribution in [0.15, 0.2) is 24.3 Å². The first kappa shape index (κ1) is 13.0. The number of rotatable bonds is 4. The van der Waals surface area contributed by atoms with Crippen molar-refractivity contribution in [3.63, 3.8) is 0 Å². The number of nitrogens with zero attached hydrogens (tertiary/aromatic N) is 1. The van der Waals surface area contributed by atoms with Gasteiger partial charge in [0, 0.05) is 0 Å². The van der Waals surface area contributed by atoms with Gasteiger partial charge in [0.15, 0.2) is 0 Å². The van der Waals surface area contributed by atoms with Gasteiger partial charge in [0.1, 0.15) is 11.7 Å². The van der Waals surface area contributed by atoms with Crippen molar-refractivity contribution in [2.24, 2.45) is 5.92 Å². The maximum atomic E-state index is 11.5. The molecule has 0 aliphatic carbocycles. The Bertz CT molecular complexity index is 420.